The Hall–Kier alpha value is 0.942. The fourth-order valence-electron chi connectivity index (χ4n) is 0.870. The molecule has 2 atom stereocenters. The minimum absolute atomic E-state index is 0. The van der Waals surface area contributed by atoms with Gasteiger partial charge in [0.05, 0.1) is 6.17 Å². The average Bonchev–Trinajstić information content (AvgIpc) is 1.77. The molecule has 0 N–H and O–H groups in total. The van der Waals surface area contributed by atoms with Crippen molar-refractivity contribution < 1.29 is 35.5 Å². The Kier molecular flexibility index (Phi) is 5.20. The van der Waals surface area contributed by atoms with Gasteiger partial charge in [0.15, 0.2) is 0 Å². The summed E-state index contributed by atoms with van der Waals surface area (Å²) in [5.74, 6) is 0.243. The smallest absolute Gasteiger partial charge is 0.0840 e. The maximum Gasteiger partial charge on any atom is 0.0840 e. The van der Waals surface area contributed by atoms with Gasteiger partial charge in [-0.05, 0) is 5.92 Å². The molecule has 3 heteroatoms. The first kappa shape index (κ1) is 9.94. The van der Waals surface area contributed by atoms with E-state index < -0.39 is 6.17 Å². The predicted octanol–water partition coefficient (Wildman–Crippen LogP) is 1.74. The third-order valence-electron chi connectivity index (χ3n) is 1.66. The van der Waals surface area contributed by atoms with Gasteiger partial charge in [0.1, 0.15) is 0 Å². The van der Waals surface area contributed by atoms with Crippen molar-refractivity contribution in [1.29, 1.82) is 0 Å². The van der Waals surface area contributed by atoms with Crippen LogP contribution in [0.3, 0.4) is 0 Å². The van der Waals surface area contributed by atoms with Crippen LogP contribution >= 0.6 is 0 Å². The number of alkyl halides is 1. The largest absolute Gasteiger partial charge is 0.660 e. The molecule has 0 saturated carbocycles. The number of hydrogen-bond acceptors (Lipinski definition) is 0. The van der Waals surface area contributed by atoms with Gasteiger partial charge in [0, 0.05) is 31.1 Å². The van der Waals surface area contributed by atoms with Gasteiger partial charge < -0.3 is 5.32 Å². The zero-order chi connectivity index (χ0) is 5.98. The van der Waals surface area contributed by atoms with Crippen molar-refractivity contribution in [2.45, 2.75) is 19.5 Å². The molecule has 0 aromatic heterocycles. The maximum absolute atomic E-state index is 12.5. The first-order chi connectivity index (χ1) is 3.80. The van der Waals surface area contributed by atoms with Crippen molar-refractivity contribution in [2.75, 3.05) is 13.1 Å². The zero-order valence-electron chi connectivity index (χ0n) is 5.60. The number of rotatable bonds is 0. The van der Waals surface area contributed by atoms with E-state index in [9.17, 15) is 4.39 Å². The van der Waals surface area contributed by atoms with E-state index in [0.29, 0.717) is 6.54 Å². The number of nitrogens with zero attached hydrogens (tertiary/aromatic N) is 1. The van der Waals surface area contributed by atoms with Crippen LogP contribution in [0.5, 0.6) is 0 Å². The normalized spacial score (nSPS) is 35.3. The van der Waals surface area contributed by atoms with Crippen molar-refractivity contribution in [2.24, 2.45) is 5.92 Å². The summed E-state index contributed by atoms with van der Waals surface area (Å²) in [7, 11) is 0. The van der Waals surface area contributed by atoms with Gasteiger partial charge in [-0.2, -0.15) is 0 Å². The molecule has 52 valence electrons. The summed E-state index contributed by atoms with van der Waals surface area (Å²) in [5, 5.41) is 3.93. The molecule has 1 nitrogen and oxygen atoms in total. The summed E-state index contributed by atoms with van der Waals surface area (Å²) in [6, 6.07) is 0. The van der Waals surface area contributed by atoms with E-state index in [1.807, 2.05) is 6.92 Å². The minimum Gasteiger partial charge on any atom is -0.660 e. The fourth-order valence-corrected chi connectivity index (χ4v) is 0.870. The van der Waals surface area contributed by atoms with Gasteiger partial charge in [0.25, 0.3) is 0 Å². The summed E-state index contributed by atoms with van der Waals surface area (Å²) in [4.78, 5) is 0. The standard InChI is InChI=1S/C6H11FN.U/c1-5-2-3-8-4-6(5)7;/h5-6H,2-4H2,1H3;/q-1;. The van der Waals surface area contributed by atoms with Crippen molar-refractivity contribution in [1.82, 2.24) is 0 Å². The first-order valence-corrected chi connectivity index (χ1v) is 3.08. The summed E-state index contributed by atoms with van der Waals surface area (Å²) < 4.78 is 12.5. The number of hydrogen-bond donors (Lipinski definition) is 0. The summed E-state index contributed by atoms with van der Waals surface area (Å²) in [6.07, 6.45) is 0.269. The topological polar surface area (TPSA) is 14.1 Å². The van der Waals surface area contributed by atoms with Crippen molar-refractivity contribution >= 4 is 0 Å². The van der Waals surface area contributed by atoms with Crippen LogP contribution in [0, 0.1) is 37.0 Å². The molecule has 0 bridgehead atoms. The van der Waals surface area contributed by atoms with Crippen LogP contribution in [0.15, 0.2) is 0 Å². The van der Waals surface area contributed by atoms with E-state index in [0.717, 1.165) is 13.0 Å². The first-order valence-electron chi connectivity index (χ1n) is 3.08. The Balaban J connectivity index is 0.000000640. The molecular weight excluding hydrogens is 343 g/mol. The second-order valence-corrected chi connectivity index (χ2v) is 2.41. The van der Waals surface area contributed by atoms with Crippen LogP contribution in [-0.2, 0) is 0 Å². The Morgan fingerprint density at radius 2 is 2.22 bits per heavy atom. The molecule has 9 heavy (non-hydrogen) atoms. The van der Waals surface area contributed by atoms with Crippen LogP contribution in [-0.4, -0.2) is 19.3 Å². The van der Waals surface area contributed by atoms with Crippen LogP contribution < -0.4 is 0 Å². The molecule has 1 saturated heterocycles. The molecule has 1 heterocycles. The average molecular weight is 354 g/mol. The maximum atomic E-state index is 12.5. The van der Waals surface area contributed by atoms with Gasteiger partial charge in [-0.3, -0.25) is 0 Å². The second-order valence-electron chi connectivity index (χ2n) is 2.41. The van der Waals surface area contributed by atoms with Crippen LogP contribution in [0.2, 0.25) is 0 Å². The number of piperidine rings is 1. The Bertz CT molecular complexity index is 69.5. The Morgan fingerprint density at radius 1 is 1.56 bits per heavy atom. The van der Waals surface area contributed by atoms with E-state index in [-0.39, 0.29) is 37.0 Å². The molecule has 0 radical (unpaired) electrons. The minimum atomic E-state index is -0.663. The zero-order valence-corrected chi connectivity index (χ0v) is 9.76. The van der Waals surface area contributed by atoms with Gasteiger partial charge >= 0.3 is 0 Å². The second kappa shape index (κ2) is 4.71. The van der Waals surface area contributed by atoms with Gasteiger partial charge in [-0.15, -0.1) is 13.1 Å². The molecule has 1 fully saturated rings. The molecule has 1 aliphatic heterocycles. The predicted molar refractivity (Wildman–Crippen MR) is 31.8 cm³/mol. The van der Waals surface area contributed by atoms with Crippen LogP contribution in [0.1, 0.15) is 13.3 Å². The SMILES string of the molecule is CC1CC[N-]CC1F.[U]. The summed E-state index contributed by atoms with van der Waals surface area (Å²) in [6.45, 7) is 3.24. The van der Waals surface area contributed by atoms with E-state index in [1.54, 1.807) is 0 Å². The quantitative estimate of drug-likeness (QED) is 0.629. The molecule has 0 aromatic carbocycles. The van der Waals surface area contributed by atoms with Crippen molar-refractivity contribution in [3.05, 3.63) is 5.32 Å². The Labute approximate surface area is 79.2 Å². The molecule has 0 amide bonds. The number of halogens is 1. The molecule has 0 aliphatic carbocycles. The molecular formula is C6H11FNU-. The third-order valence-corrected chi connectivity index (χ3v) is 1.66. The van der Waals surface area contributed by atoms with E-state index in [2.05, 4.69) is 5.32 Å². The van der Waals surface area contributed by atoms with Crippen molar-refractivity contribution in [3.8, 4) is 0 Å². The monoisotopic (exact) mass is 354 g/mol. The Morgan fingerprint density at radius 3 is 2.56 bits per heavy atom. The molecule has 1 rings (SSSR count). The van der Waals surface area contributed by atoms with Gasteiger partial charge in [0.2, 0.25) is 0 Å². The van der Waals surface area contributed by atoms with Crippen LogP contribution in [0.25, 0.3) is 5.32 Å². The van der Waals surface area contributed by atoms with E-state index >= 15 is 0 Å². The molecule has 2 unspecified atom stereocenters. The summed E-state index contributed by atoms with van der Waals surface area (Å²) in [5.41, 5.74) is 0. The molecule has 0 aromatic rings. The molecule has 1 aliphatic rings. The molecule has 0 spiro atoms. The fraction of sp³-hybridized carbons (Fsp3) is 1.00. The summed E-state index contributed by atoms with van der Waals surface area (Å²) >= 11 is 0. The van der Waals surface area contributed by atoms with Gasteiger partial charge in [-0.1, -0.05) is 13.3 Å². The third kappa shape index (κ3) is 3.02. The van der Waals surface area contributed by atoms with Crippen molar-refractivity contribution in [3.63, 3.8) is 0 Å². The van der Waals surface area contributed by atoms with E-state index in [4.69, 9.17) is 0 Å². The van der Waals surface area contributed by atoms with Gasteiger partial charge in [-0.25, -0.2) is 4.39 Å². The van der Waals surface area contributed by atoms with Crippen LogP contribution in [0.4, 0.5) is 4.39 Å². The van der Waals surface area contributed by atoms with E-state index in [1.165, 1.54) is 0 Å².